The first kappa shape index (κ1) is 31.5. The van der Waals surface area contributed by atoms with Crippen molar-refractivity contribution in [2.24, 2.45) is 5.92 Å². The molecule has 42 heavy (non-hydrogen) atoms. The van der Waals surface area contributed by atoms with Crippen molar-refractivity contribution in [1.29, 1.82) is 0 Å². The number of alkyl halides is 3. The Bertz CT molecular complexity index is 1680. The van der Waals surface area contributed by atoms with Gasteiger partial charge in [-0.25, -0.2) is 18.2 Å². The number of sulfonamides is 1. The molecule has 1 fully saturated rings. The number of para-hydroxylation sites is 1. The summed E-state index contributed by atoms with van der Waals surface area (Å²) in [7, 11) is -3.69. The second-order valence-electron chi connectivity index (χ2n) is 9.49. The number of aryl methyl sites for hydroxylation is 1. The number of rotatable bonds is 8. The van der Waals surface area contributed by atoms with E-state index in [-0.39, 0.29) is 5.92 Å². The smallest absolute Gasteiger partial charge is 0.481 e. The largest absolute Gasteiger partial charge is 0.490 e. The first-order chi connectivity index (χ1) is 19.8. The van der Waals surface area contributed by atoms with Gasteiger partial charge in [0.05, 0.1) is 22.8 Å². The molecular weight excluding hydrogens is 618 g/mol. The van der Waals surface area contributed by atoms with E-state index < -0.39 is 28.1 Å². The fourth-order valence-electron chi connectivity index (χ4n) is 4.49. The van der Waals surface area contributed by atoms with E-state index in [1.807, 2.05) is 37.4 Å². The second kappa shape index (κ2) is 12.8. The Hall–Kier alpha value is -3.47. The van der Waals surface area contributed by atoms with Gasteiger partial charge in [-0.15, -0.1) is 22.7 Å². The average molecular weight is 645 g/mol. The number of carbonyl (C=O) groups is 2. The normalized spacial score (nSPS) is 16.1. The summed E-state index contributed by atoms with van der Waals surface area (Å²) in [5.74, 6) is -3.80. The van der Waals surface area contributed by atoms with E-state index in [2.05, 4.69) is 19.6 Å². The van der Waals surface area contributed by atoms with E-state index in [0.29, 0.717) is 34.9 Å². The predicted octanol–water partition coefficient (Wildman–Crippen LogP) is 5.65. The molecule has 16 heteroatoms. The number of carboxylic acid groups (broad SMARTS) is 2. The Morgan fingerprint density at radius 1 is 1.24 bits per heavy atom. The number of fused-ring (bicyclic) bond motifs is 1. The number of aromatic nitrogens is 2. The third-order valence-corrected chi connectivity index (χ3v) is 10.4. The van der Waals surface area contributed by atoms with Gasteiger partial charge in [-0.05, 0) is 54.9 Å². The number of likely N-dealkylation sites (tertiary alicyclic amines) is 1. The van der Waals surface area contributed by atoms with E-state index in [4.69, 9.17) is 9.90 Å². The highest BCUT2D eigenvalue weighted by molar-refractivity contribution is 7.94. The van der Waals surface area contributed by atoms with E-state index in [1.54, 1.807) is 22.8 Å². The quantitative estimate of drug-likeness (QED) is 0.192. The number of H-pyrrole nitrogens is 1. The first-order valence-corrected chi connectivity index (χ1v) is 15.9. The summed E-state index contributed by atoms with van der Waals surface area (Å²) in [6, 6.07) is 9.33. The molecule has 0 saturated carbocycles. The number of thiazole rings is 1. The number of benzene rings is 1. The lowest BCUT2D eigenvalue weighted by atomic mass is 9.98. The van der Waals surface area contributed by atoms with Crippen LogP contribution in [0.2, 0.25) is 0 Å². The minimum Gasteiger partial charge on any atom is -0.481 e. The molecule has 4 N–H and O–H groups in total. The van der Waals surface area contributed by atoms with Crippen LogP contribution in [0.25, 0.3) is 21.6 Å². The zero-order valence-corrected chi connectivity index (χ0v) is 24.6. The molecule has 4 heterocycles. The molecule has 1 aliphatic heterocycles. The maximum Gasteiger partial charge on any atom is 0.490 e. The molecule has 1 aliphatic rings. The van der Waals surface area contributed by atoms with Crippen molar-refractivity contribution < 1.29 is 41.4 Å². The van der Waals surface area contributed by atoms with Crippen molar-refractivity contribution in [3.63, 3.8) is 0 Å². The minimum atomic E-state index is -5.08. The molecule has 1 unspecified atom stereocenters. The van der Waals surface area contributed by atoms with E-state index in [9.17, 15) is 31.5 Å². The summed E-state index contributed by atoms with van der Waals surface area (Å²) in [6.45, 7) is 4.06. The summed E-state index contributed by atoms with van der Waals surface area (Å²) in [6.07, 6.45) is -0.984. The monoisotopic (exact) mass is 644 g/mol. The molecule has 0 spiro atoms. The molecular formula is C26H27F3N4O6S3. The van der Waals surface area contributed by atoms with Gasteiger partial charge in [0.1, 0.15) is 9.22 Å². The maximum atomic E-state index is 13.1. The van der Waals surface area contributed by atoms with Gasteiger partial charge in [0.25, 0.3) is 10.0 Å². The predicted molar refractivity (Wildman–Crippen MR) is 153 cm³/mol. The number of nitrogens with zero attached hydrogens (tertiary/aromatic N) is 2. The lowest BCUT2D eigenvalue weighted by Gasteiger charge is -2.29. The molecule has 10 nitrogen and oxygen atoms in total. The average Bonchev–Trinajstić information content (AvgIpc) is 3.68. The Morgan fingerprint density at radius 2 is 1.98 bits per heavy atom. The summed E-state index contributed by atoms with van der Waals surface area (Å²) in [5.41, 5.74) is 2.82. The van der Waals surface area contributed by atoms with Crippen LogP contribution < -0.4 is 4.72 Å². The molecule has 0 radical (unpaired) electrons. The fourth-order valence-corrected chi connectivity index (χ4v) is 8.05. The van der Waals surface area contributed by atoms with E-state index in [0.717, 1.165) is 45.9 Å². The van der Waals surface area contributed by atoms with Crippen LogP contribution >= 0.6 is 22.7 Å². The van der Waals surface area contributed by atoms with Crippen LogP contribution in [0, 0.1) is 5.92 Å². The number of carboxylic acids is 2. The highest BCUT2D eigenvalue weighted by Crippen LogP contribution is 2.33. The molecule has 1 saturated heterocycles. The molecule has 1 atom stereocenters. The van der Waals surface area contributed by atoms with Crippen molar-refractivity contribution in [2.75, 3.05) is 17.8 Å². The number of hydrogen-bond donors (Lipinski definition) is 4. The number of hydrogen-bond acceptors (Lipinski definition) is 8. The number of halogens is 3. The number of nitrogens with one attached hydrogen (secondary N) is 2. The van der Waals surface area contributed by atoms with Crippen molar-refractivity contribution in [3.05, 3.63) is 52.3 Å². The Labute approximate surface area is 246 Å². The Kier molecular flexibility index (Phi) is 9.60. The molecule has 226 valence electrons. The van der Waals surface area contributed by atoms with Gasteiger partial charge in [0.15, 0.2) is 0 Å². The van der Waals surface area contributed by atoms with Gasteiger partial charge < -0.3 is 15.2 Å². The van der Waals surface area contributed by atoms with Crippen LogP contribution in [-0.2, 0) is 32.6 Å². The van der Waals surface area contributed by atoms with Crippen LogP contribution in [0.3, 0.4) is 0 Å². The standard InChI is InChI=1S/C24H26N4O4S3.C2HF3O2/c1-2-15-8-10-33-24(15)35(31,32)27-19-7-3-5-16-11-20(26-21(16)19)22-25-12-18(34-22)14-28-9-4-6-17(13-28)23(29)30;3-2(4,5)1(6)7/h3,5,7-8,10-12,17,26-27H,2,4,6,9,13-14H2,1H3,(H,29,30);(H,6,7). The number of piperidine rings is 1. The highest BCUT2D eigenvalue weighted by Gasteiger charge is 2.38. The lowest BCUT2D eigenvalue weighted by Crippen LogP contribution is -2.37. The summed E-state index contributed by atoms with van der Waals surface area (Å²) in [4.78, 5) is 31.4. The maximum absolute atomic E-state index is 13.1. The van der Waals surface area contributed by atoms with Crippen LogP contribution in [0.5, 0.6) is 0 Å². The fraction of sp³-hybridized carbons (Fsp3) is 0.346. The molecule has 4 aromatic rings. The van der Waals surface area contributed by atoms with Crippen LogP contribution in [-0.4, -0.2) is 64.7 Å². The Morgan fingerprint density at radius 3 is 2.64 bits per heavy atom. The zero-order valence-electron chi connectivity index (χ0n) is 22.1. The number of aliphatic carboxylic acids is 2. The van der Waals surface area contributed by atoms with Crippen molar-refractivity contribution in [3.8, 4) is 10.7 Å². The van der Waals surface area contributed by atoms with Crippen LogP contribution in [0.15, 0.2) is 46.1 Å². The first-order valence-electron chi connectivity index (χ1n) is 12.7. The number of anilines is 1. The van der Waals surface area contributed by atoms with Gasteiger partial charge in [0, 0.05) is 29.5 Å². The number of thiophene rings is 1. The van der Waals surface area contributed by atoms with E-state index in [1.165, 1.54) is 11.3 Å². The summed E-state index contributed by atoms with van der Waals surface area (Å²) in [5, 5.41) is 20.0. The molecule has 0 bridgehead atoms. The lowest BCUT2D eigenvalue weighted by molar-refractivity contribution is -0.192. The van der Waals surface area contributed by atoms with Gasteiger partial charge in [-0.1, -0.05) is 19.1 Å². The van der Waals surface area contributed by atoms with Gasteiger partial charge >= 0.3 is 18.1 Å². The van der Waals surface area contributed by atoms with E-state index >= 15 is 0 Å². The van der Waals surface area contributed by atoms with Gasteiger partial charge in [-0.2, -0.15) is 13.2 Å². The topological polar surface area (TPSA) is 153 Å². The third-order valence-electron chi connectivity index (χ3n) is 6.49. The van der Waals surface area contributed by atoms with Crippen molar-refractivity contribution >= 4 is 61.2 Å². The second-order valence-corrected chi connectivity index (χ2v) is 13.4. The molecule has 5 rings (SSSR count). The van der Waals surface area contributed by atoms with Crippen LogP contribution in [0.1, 0.15) is 30.2 Å². The van der Waals surface area contributed by atoms with Gasteiger partial charge in [0.2, 0.25) is 0 Å². The SMILES string of the molecule is CCc1ccsc1S(=O)(=O)Nc1cccc2cc(-c3ncc(CN4CCCC(C(=O)O)C4)s3)[nH]c12.O=C(O)C(F)(F)F. The zero-order chi connectivity index (χ0) is 30.7. The number of aromatic amines is 1. The molecule has 1 aromatic carbocycles. The minimum absolute atomic E-state index is 0.311. The van der Waals surface area contributed by atoms with Crippen LogP contribution in [0.4, 0.5) is 18.9 Å². The molecule has 3 aromatic heterocycles. The summed E-state index contributed by atoms with van der Waals surface area (Å²) < 4.78 is 60.9. The molecule has 0 amide bonds. The van der Waals surface area contributed by atoms with Gasteiger partial charge in [-0.3, -0.25) is 14.4 Å². The summed E-state index contributed by atoms with van der Waals surface area (Å²) >= 11 is 2.78. The van der Waals surface area contributed by atoms with Crippen molar-refractivity contribution in [2.45, 2.75) is 43.1 Å². The highest BCUT2D eigenvalue weighted by atomic mass is 32.2. The Balaban J connectivity index is 0.000000517. The molecule has 0 aliphatic carbocycles. The van der Waals surface area contributed by atoms with Crippen molar-refractivity contribution in [1.82, 2.24) is 14.9 Å². The third kappa shape index (κ3) is 7.48.